The fraction of sp³-hybridized carbons (Fsp3) is 0.815. The molecular weight excluding hydrogens is 1280 g/mol. The lowest BCUT2D eigenvalue weighted by molar-refractivity contribution is -0.396. The molecule has 530 valence electrons. The zero-order valence-electron chi connectivity index (χ0n) is 49.5. The summed E-state index contributed by atoms with van der Waals surface area (Å²) in [6, 6.07) is 6.92. The van der Waals surface area contributed by atoms with Crippen LogP contribution in [0.5, 0.6) is 0 Å². The molecule has 21 aliphatic heterocycles. The number of nitrogens with zero attached hydrogens (tertiary/aromatic N) is 1. The van der Waals surface area contributed by atoms with Crippen LogP contribution in [0.2, 0.25) is 0 Å². The molecule has 21 saturated heterocycles. The van der Waals surface area contributed by atoms with Gasteiger partial charge in [0.15, 0.2) is 44.0 Å². The fourth-order valence-electron chi connectivity index (χ4n) is 12.7. The summed E-state index contributed by atoms with van der Waals surface area (Å²) in [5, 5.41) is 226. The number of benzene rings is 2. The molecule has 0 radical (unpaired) electrons. The molecule has 2 aromatic carbocycles. The second kappa shape index (κ2) is 30.3. The van der Waals surface area contributed by atoms with Gasteiger partial charge in [0, 0.05) is 30.6 Å². The van der Waals surface area contributed by atoms with Gasteiger partial charge in [-0.25, -0.2) is 13.1 Å². The molecule has 39 heteroatoms. The Morgan fingerprint density at radius 3 is 0.828 bits per heavy atom. The van der Waals surface area contributed by atoms with Crippen molar-refractivity contribution in [1.82, 2.24) is 4.72 Å². The van der Waals surface area contributed by atoms with Gasteiger partial charge in [-0.1, -0.05) is 24.3 Å². The van der Waals surface area contributed by atoms with Gasteiger partial charge in [-0.2, -0.15) is 0 Å². The number of rotatable bonds is 11. The van der Waals surface area contributed by atoms with Gasteiger partial charge in [0.1, 0.15) is 165 Å². The van der Waals surface area contributed by atoms with E-state index in [4.69, 9.17) is 66.3 Å². The molecule has 21 heterocycles. The van der Waals surface area contributed by atoms with E-state index in [0.717, 1.165) is 0 Å². The third-order valence-electron chi connectivity index (χ3n) is 17.7. The standard InChI is InChI=1S/C54H82N2O36S/c1-56(2)18-7-3-6-17-16(18)5-4-8-26(17)93(77,78)55-27-28(64)48-79-19(9-57)41(27)86-49-35(71)29(65)43(21(11-59)80-49)88-51-37(73)31(67)45(23(13-61)82-51)90-53-39(75)33(69)47(25(15-63)84-53)92-54-40(76)34(70)46(24(14-62)85-54)91-52-38(74)32(68)44(22(12-60)83-52)89-50-36(72)30(66)42(87-48)20(10-58)81-50/h3-8,19-25,27-55,57-76H,9-15H2,1-2H3/t19-,20-,21-,22-,23-,24-,25-,27+,28+,29-,30-,31-,32-,33-,34-,35-,36-,37-,38-,39-,40-,41-,42-,43-,44-,45-,46-,47-,48-,49-,50-,51-,52-,53-,54-/m1/s1. The third-order valence-corrected chi connectivity index (χ3v) is 19.3. The highest BCUT2D eigenvalue weighted by molar-refractivity contribution is 7.89. The summed E-state index contributed by atoms with van der Waals surface area (Å²) in [5.41, 5.74) is 0.582. The van der Waals surface area contributed by atoms with Crippen LogP contribution in [0.3, 0.4) is 0 Å². The van der Waals surface area contributed by atoms with Gasteiger partial charge < -0.3 is 173 Å². The van der Waals surface area contributed by atoms with Gasteiger partial charge in [0.05, 0.1) is 57.2 Å². The first-order valence-corrected chi connectivity index (χ1v) is 31.2. The second-order valence-corrected chi connectivity index (χ2v) is 25.5. The van der Waals surface area contributed by atoms with E-state index in [1.807, 2.05) is 0 Å². The summed E-state index contributed by atoms with van der Waals surface area (Å²) in [5.74, 6) is 0. The summed E-state index contributed by atoms with van der Waals surface area (Å²) in [7, 11) is -1.52. The first kappa shape index (κ1) is 72.8. The number of nitrogens with one attached hydrogen (secondary N) is 1. The van der Waals surface area contributed by atoms with E-state index in [-0.39, 0.29) is 10.3 Å². The number of fused-ring (bicyclic) bond motifs is 1. The van der Waals surface area contributed by atoms with Crippen molar-refractivity contribution in [2.75, 3.05) is 65.2 Å². The third kappa shape index (κ3) is 14.2. The molecule has 2 aromatic rings. The van der Waals surface area contributed by atoms with E-state index in [0.29, 0.717) is 11.1 Å². The Morgan fingerprint density at radius 2 is 0.559 bits per heavy atom. The minimum Gasteiger partial charge on any atom is -0.394 e. The van der Waals surface area contributed by atoms with Crippen LogP contribution in [-0.4, -0.2) is 386 Å². The molecule has 0 amide bonds. The smallest absolute Gasteiger partial charge is 0.241 e. The van der Waals surface area contributed by atoms with Crippen LogP contribution in [0.15, 0.2) is 41.3 Å². The Bertz CT molecular complexity index is 2840. The quantitative estimate of drug-likeness (QED) is 0.0993. The Morgan fingerprint density at radius 1 is 0.323 bits per heavy atom. The number of aliphatic hydroxyl groups excluding tert-OH is 20. The predicted octanol–water partition coefficient (Wildman–Crippen LogP) is -13.0. The molecule has 0 unspecified atom stereocenters. The van der Waals surface area contributed by atoms with E-state index < -0.39 is 271 Å². The minimum absolute atomic E-state index is 0.158. The van der Waals surface area contributed by atoms with Crippen molar-refractivity contribution in [3.8, 4) is 0 Å². The van der Waals surface area contributed by atoms with Gasteiger partial charge in [0.25, 0.3) is 0 Å². The molecule has 21 aliphatic rings. The Hall–Kier alpha value is -2.95. The summed E-state index contributed by atoms with van der Waals surface area (Å²) in [4.78, 5) is 1.33. The van der Waals surface area contributed by atoms with Gasteiger partial charge >= 0.3 is 0 Å². The van der Waals surface area contributed by atoms with Crippen molar-refractivity contribution in [1.29, 1.82) is 0 Å². The van der Waals surface area contributed by atoms with Crippen LogP contribution in [-0.2, 0) is 76.3 Å². The number of hydrogen-bond donors (Lipinski definition) is 21. The topological polar surface area (TPSA) is 583 Å². The highest BCUT2D eigenvalue weighted by atomic mass is 32.2. The average molecular weight is 1370 g/mol. The molecule has 38 nitrogen and oxygen atoms in total. The Kier molecular flexibility index (Phi) is 23.7. The lowest BCUT2D eigenvalue weighted by atomic mass is 9.94. The lowest BCUT2D eigenvalue weighted by Gasteiger charge is -2.50. The second-order valence-electron chi connectivity index (χ2n) is 23.8. The number of hydrogen-bond acceptors (Lipinski definition) is 37. The SMILES string of the molecule is CN(C)c1cccc2c(S(=O)(=O)N[C@H]3[C@H](O)[C@H]4O[C@H]5[C@H](O)[C@@H](O)[C@@H](O[C@H]6[C@H](O)[C@@H](O)[C@@H](O[C@H]7[C@H](O)[C@@H](O)[C@@H](O[C@H]8[C@H](O)[C@@H](O)[C@@H](O[C@H]9[C@H](O)[C@@H](O)[C@@H](O[C@H]%10[C@H](O)[C@@H](O)[C@@H](O[C@@H]3[C@@H](CO)O4)O[C@@H]%10CO)O[C@@H]9CO)O[C@@H]8CO)O[C@@H]7CO)O[C@@H]6CO)O[C@@H]5CO)cccc12. The predicted molar refractivity (Wildman–Crippen MR) is 295 cm³/mol. The van der Waals surface area contributed by atoms with Crippen LogP contribution in [0.4, 0.5) is 5.69 Å². The number of aliphatic hydroxyl groups is 20. The van der Waals surface area contributed by atoms with Gasteiger partial charge in [0.2, 0.25) is 10.0 Å². The molecule has 21 N–H and O–H groups in total. The van der Waals surface area contributed by atoms with Crippen molar-refractivity contribution in [3.63, 3.8) is 0 Å². The van der Waals surface area contributed by atoms with Crippen molar-refractivity contribution in [2.24, 2.45) is 0 Å². The van der Waals surface area contributed by atoms with Crippen LogP contribution in [0.25, 0.3) is 10.8 Å². The molecule has 0 aliphatic carbocycles. The van der Waals surface area contributed by atoms with Crippen LogP contribution < -0.4 is 9.62 Å². The maximum absolute atomic E-state index is 14.9. The molecule has 93 heavy (non-hydrogen) atoms. The first-order chi connectivity index (χ1) is 44.2. The summed E-state index contributed by atoms with van der Waals surface area (Å²) >= 11 is 0. The monoisotopic (exact) mass is 1370 g/mol. The molecule has 0 spiro atoms. The fourth-order valence-corrected chi connectivity index (χ4v) is 14.2. The zero-order chi connectivity index (χ0) is 67.4. The normalized spacial score (nSPS) is 48.0. The average Bonchev–Trinajstić information content (AvgIpc) is 0.787. The van der Waals surface area contributed by atoms with E-state index in [1.54, 1.807) is 37.2 Å². The lowest BCUT2D eigenvalue weighted by Crippen LogP contribution is -2.70. The highest BCUT2D eigenvalue weighted by Gasteiger charge is 2.60. The summed E-state index contributed by atoms with van der Waals surface area (Å²) in [6.45, 7) is -7.74. The summed E-state index contributed by atoms with van der Waals surface area (Å²) < 4.78 is 114. The number of sulfonamides is 1. The van der Waals surface area contributed by atoms with Crippen molar-refractivity contribution < 1.29 is 177 Å². The van der Waals surface area contributed by atoms with Crippen LogP contribution in [0, 0.1) is 0 Å². The maximum Gasteiger partial charge on any atom is 0.241 e. The van der Waals surface area contributed by atoms with Crippen molar-refractivity contribution >= 4 is 26.5 Å². The first-order valence-electron chi connectivity index (χ1n) is 29.7. The summed E-state index contributed by atoms with van der Waals surface area (Å²) in [6.07, 6.45) is -70.9. The zero-order valence-corrected chi connectivity index (χ0v) is 50.3. The van der Waals surface area contributed by atoms with Gasteiger partial charge in [-0.15, -0.1) is 0 Å². The van der Waals surface area contributed by atoms with Crippen molar-refractivity contribution in [2.45, 2.75) is 220 Å². The van der Waals surface area contributed by atoms with E-state index in [1.165, 1.54) is 18.2 Å². The number of ether oxygens (including phenoxy) is 14. The molecule has 14 bridgehead atoms. The van der Waals surface area contributed by atoms with Crippen LogP contribution >= 0.6 is 0 Å². The molecule has 23 rings (SSSR count). The van der Waals surface area contributed by atoms with E-state index in [9.17, 15) is 111 Å². The van der Waals surface area contributed by atoms with E-state index >= 15 is 0 Å². The molecule has 0 saturated carbocycles. The van der Waals surface area contributed by atoms with E-state index in [2.05, 4.69) is 4.72 Å². The molecule has 0 aromatic heterocycles. The molecule has 21 fully saturated rings. The minimum atomic E-state index is -4.94. The Labute approximate surface area is 528 Å². The largest absolute Gasteiger partial charge is 0.394 e. The van der Waals surface area contributed by atoms with Crippen LogP contribution in [0.1, 0.15) is 0 Å². The van der Waals surface area contributed by atoms with Crippen molar-refractivity contribution in [3.05, 3.63) is 36.4 Å². The molecule has 35 atom stereocenters. The Balaban J connectivity index is 0.990. The van der Waals surface area contributed by atoms with Gasteiger partial charge in [-0.3, -0.25) is 0 Å². The highest BCUT2D eigenvalue weighted by Crippen LogP contribution is 2.40. The number of anilines is 1. The maximum atomic E-state index is 14.9. The van der Waals surface area contributed by atoms with Gasteiger partial charge in [-0.05, 0) is 12.1 Å². The molecular formula is C54H82N2O36S.